The summed E-state index contributed by atoms with van der Waals surface area (Å²) in [5.74, 6) is -0.846. The van der Waals surface area contributed by atoms with E-state index in [1.807, 2.05) is 11.8 Å². The average Bonchev–Trinajstić information content (AvgIpc) is 3.09. The third-order valence-electron chi connectivity index (χ3n) is 3.88. The highest BCUT2D eigenvalue weighted by molar-refractivity contribution is 7.99. The maximum Gasteiger partial charge on any atom is 0.317 e. The lowest BCUT2D eigenvalue weighted by Crippen LogP contribution is -2.48. The number of carboxylic acid groups (broad SMARTS) is 1. The molecule has 0 saturated heterocycles. The zero-order valence-corrected chi connectivity index (χ0v) is 12.1. The van der Waals surface area contributed by atoms with Crippen molar-refractivity contribution >= 4 is 23.8 Å². The van der Waals surface area contributed by atoms with Crippen LogP contribution in [0.2, 0.25) is 0 Å². The normalized spacial score (nSPS) is 26.2. The largest absolute Gasteiger partial charge is 0.481 e. The third-order valence-corrected chi connectivity index (χ3v) is 5.05. The molecule has 2 N–H and O–H groups in total. The van der Waals surface area contributed by atoms with Gasteiger partial charge in [-0.05, 0) is 31.9 Å². The van der Waals surface area contributed by atoms with Crippen LogP contribution in [0.3, 0.4) is 0 Å². The third kappa shape index (κ3) is 4.03. The minimum absolute atomic E-state index is 0.0283. The lowest BCUT2D eigenvalue weighted by molar-refractivity contribution is -0.137. The van der Waals surface area contributed by atoms with Gasteiger partial charge in [0.05, 0.1) is 6.42 Å². The Hall–Kier alpha value is -0.910. The first-order valence-electron chi connectivity index (χ1n) is 6.93. The Labute approximate surface area is 118 Å². The minimum Gasteiger partial charge on any atom is -0.481 e. The molecule has 2 amide bonds. The van der Waals surface area contributed by atoms with Gasteiger partial charge in [0.15, 0.2) is 0 Å². The van der Waals surface area contributed by atoms with Crippen molar-refractivity contribution in [3.05, 3.63) is 0 Å². The molecule has 0 spiro atoms. The molecule has 0 aromatic heterocycles. The molecule has 5 nitrogen and oxygen atoms in total. The first kappa shape index (κ1) is 14.5. The number of thioether (sulfide) groups is 1. The zero-order chi connectivity index (χ0) is 13.8. The molecule has 2 atom stereocenters. The van der Waals surface area contributed by atoms with Crippen LogP contribution < -0.4 is 5.32 Å². The summed E-state index contributed by atoms with van der Waals surface area (Å²) in [4.78, 5) is 24.6. The van der Waals surface area contributed by atoms with E-state index < -0.39 is 5.97 Å². The number of rotatable bonds is 6. The van der Waals surface area contributed by atoms with Crippen molar-refractivity contribution in [2.75, 3.05) is 12.8 Å². The van der Waals surface area contributed by atoms with Crippen molar-refractivity contribution in [1.29, 1.82) is 0 Å². The second kappa shape index (κ2) is 6.50. The summed E-state index contributed by atoms with van der Waals surface area (Å²) in [6, 6.07) is 0.428. The molecule has 0 aliphatic heterocycles. The van der Waals surface area contributed by atoms with E-state index in [1.165, 1.54) is 0 Å². The van der Waals surface area contributed by atoms with Gasteiger partial charge in [-0.3, -0.25) is 4.79 Å². The number of hydrogen-bond donors (Lipinski definition) is 2. The van der Waals surface area contributed by atoms with Gasteiger partial charge in [-0.1, -0.05) is 6.42 Å². The summed E-state index contributed by atoms with van der Waals surface area (Å²) in [7, 11) is 0. The van der Waals surface area contributed by atoms with E-state index in [0.717, 1.165) is 32.1 Å². The van der Waals surface area contributed by atoms with Gasteiger partial charge in [-0.15, -0.1) is 0 Å². The predicted octanol–water partition coefficient (Wildman–Crippen LogP) is 1.92. The van der Waals surface area contributed by atoms with Gasteiger partial charge in [0, 0.05) is 23.9 Å². The molecule has 19 heavy (non-hydrogen) atoms. The van der Waals surface area contributed by atoms with Crippen LogP contribution in [0.4, 0.5) is 4.79 Å². The van der Waals surface area contributed by atoms with Crippen LogP contribution >= 0.6 is 11.8 Å². The Morgan fingerprint density at radius 3 is 2.63 bits per heavy atom. The van der Waals surface area contributed by atoms with Gasteiger partial charge in [0.2, 0.25) is 0 Å². The van der Waals surface area contributed by atoms with Gasteiger partial charge < -0.3 is 15.3 Å². The summed E-state index contributed by atoms with van der Waals surface area (Å²) < 4.78 is 0. The van der Waals surface area contributed by atoms with Crippen LogP contribution in [0.15, 0.2) is 0 Å². The molecule has 2 saturated carbocycles. The van der Waals surface area contributed by atoms with Crippen LogP contribution in [-0.2, 0) is 4.79 Å². The number of amides is 2. The molecule has 2 rings (SSSR count). The molecule has 2 aliphatic rings. The number of carbonyl (C=O) groups excluding carboxylic acids is 1. The summed E-state index contributed by atoms with van der Waals surface area (Å²) >= 11 is 1.81. The fourth-order valence-electron chi connectivity index (χ4n) is 2.67. The van der Waals surface area contributed by atoms with Crippen LogP contribution in [0, 0.1) is 0 Å². The summed E-state index contributed by atoms with van der Waals surface area (Å²) in [6.45, 7) is 0.322. The Morgan fingerprint density at radius 2 is 2.05 bits per heavy atom. The number of urea groups is 1. The number of nitrogens with zero attached hydrogens (tertiary/aromatic N) is 1. The second-order valence-electron chi connectivity index (χ2n) is 5.33. The molecule has 0 aromatic rings. The van der Waals surface area contributed by atoms with Gasteiger partial charge >= 0.3 is 12.0 Å². The van der Waals surface area contributed by atoms with Crippen molar-refractivity contribution in [3.63, 3.8) is 0 Å². The first-order valence-corrected chi connectivity index (χ1v) is 8.22. The van der Waals surface area contributed by atoms with E-state index in [2.05, 4.69) is 11.6 Å². The monoisotopic (exact) mass is 286 g/mol. The standard InChI is InChI=1S/C13H22N2O3S/c1-19-11-4-2-3-10(11)14-13(18)15(9-5-6-9)8-7-12(16)17/h9-11H,2-8H2,1H3,(H,14,18)(H,16,17). The molecule has 2 unspecified atom stereocenters. The van der Waals surface area contributed by atoms with E-state index in [1.54, 1.807) is 4.90 Å². The molecule has 0 bridgehead atoms. The average molecular weight is 286 g/mol. The zero-order valence-electron chi connectivity index (χ0n) is 11.3. The molecular formula is C13H22N2O3S. The molecular weight excluding hydrogens is 264 g/mol. The predicted molar refractivity (Wildman–Crippen MR) is 75.5 cm³/mol. The van der Waals surface area contributed by atoms with E-state index in [-0.39, 0.29) is 24.5 Å². The topological polar surface area (TPSA) is 69.6 Å². The van der Waals surface area contributed by atoms with Crippen LogP contribution in [0.1, 0.15) is 38.5 Å². The minimum atomic E-state index is -0.846. The van der Waals surface area contributed by atoms with Gasteiger partial charge in [-0.25, -0.2) is 4.79 Å². The molecule has 2 fully saturated rings. The van der Waals surface area contributed by atoms with Crippen molar-refractivity contribution < 1.29 is 14.7 Å². The number of carbonyl (C=O) groups is 2. The van der Waals surface area contributed by atoms with E-state index in [0.29, 0.717) is 11.8 Å². The van der Waals surface area contributed by atoms with Crippen molar-refractivity contribution in [3.8, 4) is 0 Å². The molecule has 0 radical (unpaired) electrons. The number of hydrogen-bond acceptors (Lipinski definition) is 3. The molecule has 0 aromatic carbocycles. The van der Waals surface area contributed by atoms with Gasteiger partial charge in [0.1, 0.15) is 0 Å². The number of aliphatic carboxylic acids is 1. The fraction of sp³-hybridized carbons (Fsp3) is 0.846. The van der Waals surface area contributed by atoms with Crippen LogP contribution in [0.25, 0.3) is 0 Å². The number of nitrogens with one attached hydrogen (secondary N) is 1. The summed E-state index contributed by atoms with van der Waals surface area (Å²) in [6.07, 6.45) is 7.47. The summed E-state index contributed by atoms with van der Waals surface area (Å²) in [5, 5.41) is 12.4. The quantitative estimate of drug-likeness (QED) is 0.782. The van der Waals surface area contributed by atoms with Crippen LogP contribution in [0.5, 0.6) is 0 Å². The molecule has 2 aliphatic carbocycles. The van der Waals surface area contributed by atoms with E-state index in [9.17, 15) is 9.59 Å². The van der Waals surface area contributed by atoms with E-state index in [4.69, 9.17) is 5.11 Å². The Morgan fingerprint density at radius 1 is 1.32 bits per heavy atom. The number of carboxylic acids is 1. The molecule has 0 heterocycles. The molecule has 108 valence electrons. The van der Waals surface area contributed by atoms with Crippen LogP contribution in [-0.4, -0.2) is 52.1 Å². The Balaban J connectivity index is 1.86. The lowest BCUT2D eigenvalue weighted by Gasteiger charge is -2.26. The highest BCUT2D eigenvalue weighted by atomic mass is 32.2. The first-order chi connectivity index (χ1) is 9.11. The van der Waals surface area contributed by atoms with Crippen molar-refractivity contribution in [2.45, 2.75) is 55.9 Å². The second-order valence-corrected chi connectivity index (χ2v) is 6.41. The maximum atomic E-state index is 12.3. The molecule has 6 heteroatoms. The van der Waals surface area contributed by atoms with Crippen molar-refractivity contribution in [2.24, 2.45) is 0 Å². The lowest BCUT2D eigenvalue weighted by atomic mass is 10.2. The maximum absolute atomic E-state index is 12.3. The smallest absolute Gasteiger partial charge is 0.317 e. The summed E-state index contributed by atoms with van der Waals surface area (Å²) in [5.41, 5.74) is 0. The fourth-order valence-corrected chi connectivity index (χ4v) is 3.60. The van der Waals surface area contributed by atoms with Gasteiger partial charge in [0.25, 0.3) is 0 Å². The highest BCUT2D eigenvalue weighted by Crippen LogP contribution is 2.30. The van der Waals surface area contributed by atoms with Crippen molar-refractivity contribution in [1.82, 2.24) is 10.2 Å². The Kier molecular flexibility index (Phi) is 4.96. The Bertz CT molecular complexity index is 347. The SMILES string of the molecule is CSC1CCCC1NC(=O)N(CCC(=O)O)C1CC1. The highest BCUT2D eigenvalue weighted by Gasteiger charge is 2.35. The van der Waals surface area contributed by atoms with E-state index >= 15 is 0 Å². The van der Waals surface area contributed by atoms with Gasteiger partial charge in [-0.2, -0.15) is 11.8 Å².